The summed E-state index contributed by atoms with van der Waals surface area (Å²) in [6.45, 7) is 6.54. The Morgan fingerprint density at radius 3 is 2.52 bits per heavy atom. The average Bonchev–Trinajstić information content (AvgIpc) is 3.01. The molecular weight excluding hydrogens is 308 g/mol. The molecule has 2 bridgehead atoms. The highest BCUT2D eigenvalue weighted by Crippen LogP contribution is 2.80. The summed E-state index contributed by atoms with van der Waals surface area (Å²) in [7, 11) is 0. The third-order valence-corrected chi connectivity index (χ3v) is 9.72. The van der Waals surface area contributed by atoms with Crippen molar-refractivity contribution in [3.63, 3.8) is 0 Å². The van der Waals surface area contributed by atoms with Crippen molar-refractivity contribution in [2.24, 2.45) is 34.0 Å². The van der Waals surface area contributed by atoms with Gasteiger partial charge in [-0.2, -0.15) is 0 Å². The van der Waals surface area contributed by atoms with Crippen molar-refractivity contribution in [2.45, 2.75) is 72.1 Å². The first-order valence-electron chi connectivity index (χ1n) is 10.3. The molecular formula is C23H30O2. The van der Waals surface area contributed by atoms with Crippen LogP contribution in [-0.4, -0.2) is 11.6 Å². The van der Waals surface area contributed by atoms with E-state index in [9.17, 15) is 9.59 Å². The number of carbonyl (C=O) groups is 2. The standard InChI is InChI=1S/C23H30O2/c1-14-12-20-18(17-5-4-16(25)13-19(14)17)6-7-21(3)22(15(2)24)8-10-23(20,21)11-9-22/h12-13,17-18,20H,4-11H2,1-3H3/t17-,18-,20-,21-,22?,23?/m1/s1. The Labute approximate surface area is 151 Å². The molecule has 5 rings (SSSR count). The van der Waals surface area contributed by atoms with Gasteiger partial charge in [-0.05, 0) is 99.0 Å². The summed E-state index contributed by atoms with van der Waals surface area (Å²) < 4.78 is 0. The Morgan fingerprint density at radius 2 is 1.84 bits per heavy atom. The van der Waals surface area contributed by atoms with Crippen LogP contribution < -0.4 is 0 Å². The van der Waals surface area contributed by atoms with Gasteiger partial charge < -0.3 is 0 Å². The molecule has 3 fully saturated rings. The number of rotatable bonds is 1. The van der Waals surface area contributed by atoms with E-state index in [1.807, 2.05) is 13.0 Å². The van der Waals surface area contributed by atoms with E-state index in [2.05, 4.69) is 19.9 Å². The van der Waals surface area contributed by atoms with Gasteiger partial charge in [0.1, 0.15) is 5.78 Å². The summed E-state index contributed by atoms with van der Waals surface area (Å²) in [5.41, 5.74) is 3.17. The highest BCUT2D eigenvalue weighted by molar-refractivity contribution is 5.92. The van der Waals surface area contributed by atoms with Gasteiger partial charge in [0.2, 0.25) is 0 Å². The van der Waals surface area contributed by atoms with Crippen LogP contribution in [-0.2, 0) is 9.59 Å². The van der Waals surface area contributed by atoms with Crippen LogP contribution in [0.5, 0.6) is 0 Å². The highest BCUT2D eigenvalue weighted by Gasteiger charge is 2.74. The summed E-state index contributed by atoms with van der Waals surface area (Å²) >= 11 is 0. The van der Waals surface area contributed by atoms with Crippen LogP contribution in [0.2, 0.25) is 0 Å². The minimum atomic E-state index is -0.0433. The first-order valence-corrected chi connectivity index (χ1v) is 10.3. The first kappa shape index (κ1) is 16.0. The van der Waals surface area contributed by atoms with Crippen LogP contribution in [0.1, 0.15) is 72.1 Å². The average molecular weight is 338 g/mol. The quantitative estimate of drug-likeness (QED) is 0.671. The van der Waals surface area contributed by atoms with Crippen LogP contribution in [0.3, 0.4) is 0 Å². The molecule has 0 spiro atoms. The van der Waals surface area contributed by atoms with Gasteiger partial charge in [0.05, 0.1) is 0 Å². The van der Waals surface area contributed by atoms with E-state index in [1.54, 1.807) is 0 Å². The Morgan fingerprint density at radius 1 is 1.12 bits per heavy atom. The van der Waals surface area contributed by atoms with E-state index in [-0.39, 0.29) is 10.8 Å². The third kappa shape index (κ3) is 1.63. The molecule has 0 amide bonds. The van der Waals surface area contributed by atoms with E-state index in [0.717, 1.165) is 25.7 Å². The van der Waals surface area contributed by atoms with Gasteiger partial charge in [-0.1, -0.05) is 18.6 Å². The molecule has 0 saturated heterocycles. The van der Waals surface area contributed by atoms with Crippen molar-refractivity contribution in [2.75, 3.05) is 0 Å². The molecule has 0 N–H and O–H groups in total. The maximum Gasteiger partial charge on any atom is 0.156 e. The number of fused-ring (bicyclic) bond motifs is 3. The summed E-state index contributed by atoms with van der Waals surface area (Å²) in [6.07, 6.45) is 13.4. The van der Waals surface area contributed by atoms with Crippen LogP contribution in [0, 0.1) is 34.0 Å². The Hall–Kier alpha value is -1.18. The molecule has 0 heterocycles. The Kier molecular flexibility index (Phi) is 3.05. The lowest BCUT2D eigenvalue weighted by Crippen LogP contribution is -2.53. The van der Waals surface area contributed by atoms with Gasteiger partial charge in [-0.15, -0.1) is 0 Å². The van der Waals surface area contributed by atoms with Crippen molar-refractivity contribution < 1.29 is 9.59 Å². The molecule has 0 aromatic rings. The summed E-state index contributed by atoms with van der Waals surface area (Å²) in [5, 5.41) is 0. The lowest BCUT2D eigenvalue weighted by Gasteiger charge is -2.58. The zero-order valence-electron chi connectivity index (χ0n) is 15.9. The summed E-state index contributed by atoms with van der Waals surface area (Å²) in [5.74, 6) is 2.66. The lowest BCUT2D eigenvalue weighted by atomic mass is 9.45. The van der Waals surface area contributed by atoms with Gasteiger partial charge in [0.15, 0.2) is 5.78 Å². The smallest absolute Gasteiger partial charge is 0.156 e. The fourth-order valence-electron chi connectivity index (χ4n) is 8.43. The van der Waals surface area contributed by atoms with E-state index in [1.165, 1.54) is 36.8 Å². The zero-order chi connectivity index (χ0) is 17.6. The van der Waals surface area contributed by atoms with E-state index < -0.39 is 0 Å². The largest absolute Gasteiger partial charge is 0.299 e. The van der Waals surface area contributed by atoms with E-state index >= 15 is 0 Å². The summed E-state index contributed by atoms with van der Waals surface area (Å²) in [4.78, 5) is 24.7. The summed E-state index contributed by atoms with van der Waals surface area (Å²) in [6, 6.07) is 0. The second-order valence-corrected chi connectivity index (χ2v) is 9.92. The van der Waals surface area contributed by atoms with Crippen LogP contribution in [0.25, 0.3) is 0 Å². The Balaban J connectivity index is 1.64. The minimum Gasteiger partial charge on any atom is -0.299 e. The lowest BCUT2D eigenvalue weighted by molar-refractivity contribution is -0.136. The molecule has 0 unspecified atom stereocenters. The van der Waals surface area contributed by atoms with Crippen molar-refractivity contribution >= 4 is 11.6 Å². The molecule has 134 valence electrons. The van der Waals surface area contributed by atoms with Gasteiger partial charge in [0.25, 0.3) is 0 Å². The number of allylic oxidation sites excluding steroid dienone is 4. The minimum absolute atomic E-state index is 0.0433. The fourth-order valence-corrected chi connectivity index (χ4v) is 8.43. The molecule has 3 saturated carbocycles. The van der Waals surface area contributed by atoms with Gasteiger partial charge in [0, 0.05) is 11.8 Å². The maximum absolute atomic E-state index is 12.7. The molecule has 0 aliphatic heterocycles. The van der Waals surface area contributed by atoms with E-state index in [4.69, 9.17) is 0 Å². The normalized spacial score (nSPS) is 50.5. The van der Waals surface area contributed by atoms with Gasteiger partial charge >= 0.3 is 0 Å². The fraction of sp³-hybridized carbons (Fsp3) is 0.739. The van der Waals surface area contributed by atoms with Crippen molar-refractivity contribution in [1.82, 2.24) is 0 Å². The van der Waals surface area contributed by atoms with Crippen molar-refractivity contribution in [3.8, 4) is 0 Å². The highest BCUT2D eigenvalue weighted by atomic mass is 16.1. The number of carbonyl (C=O) groups excluding carboxylic acids is 2. The van der Waals surface area contributed by atoms with Crippen LogP contribution in [0.15, 0.2) is 23.3 Å². The number of Topliss-reactive ketones (excluding diaryl/α,β-unsaturated/α-hetero) is 1. The van der Waals surface area contributed by atoms with Crippen molar-refractivity contribution in [1.29, 1.82) is 0 Å². The topological polar surface area (TPSA) is 34.1 Å². The predicted molar refractivity (Wildman–Crippen MR) is 97.9 cm³/mol. The molecule has 4 atom stereocenters. The molecule has 0 aromatic heterocycles. The molecule has 0 radical (unpaired) electrons. The molecule has 5 aliphatic rings. The first-order chi connectivity index (χ1) is 11.8. The predicted octanol–water partition coefficient (Wildman–Crippen LogP) is 5.03. The second kappa shape index (κ2) is 4.75. The molecule has 0 aromatic carbocycles. The Bertz CT molecular complexity index is 731. The molecule has 2 nitrogen and oxygen atoms in total. The van der Waals surface area contributed by atoms with Crippen LogP contribution >= 0.6 is 0 Å². The van der Waals surface area contributed by atoms with Crippen molar-refractivity contribution in [3.05, 3.63) is 23.3 Å². The maximum atomic E-state index is 12.7. The van der Waals surface area contributed by atoms with Crippen LogP contribution in [0.4, 0.5) is 0 Å². The van der Waals surface area contributed by atoms with Gasteiger partial charge in [-0.3, -0.25) is 9.59 Å². The molecule has 5 aliphatic carbocycles. The number of hydrogen-bond donors (Lipinski definition) is 0. The SMILES string of the molecule is CC(=O)C12CCC3(CC1)[C@@H]1C=C(C)C4=CC(=O)CC[C@@H]4[C@H]1CC[C@]23C. The van der Waals surface area contributed by atoms with Gasteiger partial charge in [-0.25, -0.2) is 0 Å². The molecule has 25 heavy (non-hydrogen) atoms. The monoisotopic (exact) mass is 338 g/mol. The second-order valence-electron chi connectivity index (χ2n) is 9.92. The zero-order valence-corrected chi connectivity index (χ0v) is 15.9. The molecule has 2 heteroatoms. The third-order valence-electron chi connectivity index (χ3n) is 9.72. The number of ketones is 2. The number of hydrogen-bond acceptors (Lipinski definition) is 2. The van der Waals surface area contributed by atoms with E-state index in [0.29, 0.717) is 34.7 Å².